The Morgan fingerprint density at radius 2 is 1.83 bits per heavy atom. The largest absolute Gasteiger partial charge is 0.433 e. The third kappa shape index (κ3) is 3.44. The minimum Gasteiger partial charge on any atom is -0.341 e. The van der Waals surface area contributed by atoms with Crippen LogP contribution in [-0.4, -0.2) is 15.0 Å². The van der Waals surface area contributed by atoms with Crippen LogP contribution < -0.4 is 0 Å². The van der Waals surface area contributed by atoms with Crippen LogP contribution >= 0.6 is 11.8 Å². The zero-order chi connectivity index (χ0) is 16.6. The van der Waals surface area contributed by atoms with E-state index >= 15 is 0 Å². The number of benzene rings is 1. The second kappa shape index (κ2) is 5.80. The molecule has 3 aromatic rings. The minimum atomic E-state index is -4.51. The van der Waals surface area contributed by atoms with E-state index in [0.29, 0.717) is 16.2 Å². The summed E-state index contributed by atoms with van der Waals surface area (Å²) in [6.07, 6.45) is -3.43. The van der Waals surface area contributed by atoms with Crippen molar-refractivity contribution in [3.63, 3.8) is 0 Å². The summed E-state index contributed by atoms with van der Waals surface area (Å²) >= 11 is 1.11. The highest BCUT2D eigenvalue weighted by Gasteiger charge is 2.32. The molecular formula is C14H8F5N3S. The van der Waals surface area contributed by atoms with Crippen LogP contribution in [0.3, 0.4) is 0 Å². The van der Waals surface area contributed by atoms with Crippen LogP contribution in [0.25, 0.3) is 11.0 Å². The highest BCUT2D eigenvalue weighted by atomic mass is 32.2. The number of nitrogens with zero attached hydrogens (tertiary/aromatic N) is 2. The molecule has 0 aliphatic heterocycles. The molecule has 3 rings (SSSR count). The molecule has 9 heteroatoms. The maximum absolute atomic E-state index is 13.1. The second-order valence-corrected chi connectivity index (χ2v) is 5.68. The van der Waals surface area contributed by atoms with Crippen LogP contribution in [-0.2, 0) is 11.9 Å². The molecule has 23 heavy (non-hydrogen) atoms. The third-order valence-corrected chi connectivity index (χ3v) is 3.98. The Morgan fingerprint density at radius 3 is 2.57 bits per heavy atom. The number of alkyl halides is 3. The van der Waals surface area contributed by atoms with Gasteiger partial charge in [-0.15, -0.1) is 11.8 Å². The smallest absolute Gasteiger partial charge is 0.341 e. The van der Waals surface area contributed by atoms with E-state index in [9.17, 15) is 22.0 Å². The lowest BCUT2D eigenvalue weighted by Crippen LogP contribution is -2.07. The van der Waals surface area contributed by atoms with Gasteiger partial charge in [-0.2, -0.15) is 13.2 Å². The number of nitrogens with one attached hydrogen (secondary N) is 1. The van der Waals surface area contributed by atoms with Gasteiger partial charge < -0.3 is 4.98 Å². The topological polar surface area (TPSA) is 41.6 Å². The molecule has 0 saturated heterocycles. The Bertz CT molecular complexity index is 820. The molecule has 3 nitrogen and oxygen atoms in total. The predicted molar refractivity (Wildman–Crippen MR) is 74.8 cm³/mol. The van der Waals surface area contributed by atoms with Crippen LogP contribution in [0.1, 0.15) is 11.5 Å². The molecule has 1 aromatic carbocycles. The van der Waals surface area contributed by atoms with Gasteiger partial charge >= 0.3 is 6.18 Å². The molecule has 0 aliphatic rings. The number of halogens is 5. The quantitative estimate of drug-likeness (QED) is 0.559. The number of H-pyrrole nitrogens is 1. The van der Waals surface area contributed by atoms with E-state index in [0.717, 1.165) is 36.2 Å². The average Bonchev–Trinajstić information content (AvgIpc) is 2.87. The van der Waals surface area contributed by atoms with Crippen molar-refractivity contribution in [3.05, 3.63) is 53.6 Å². The van der Waals surface area contributed by atoms with E-state index in [1.165, 1.54) is 6.07 Å². The summed E-state index contributed by atoms with van der Waals surface area (Å²) in [6.45, 7) is 0. The van der Waals surface area contributed by atoms with Crippen molar-refractivity contribution in [2.75, 3.05) is 0 Å². The first kappa shape index (κ1) is 15.7. The lowest BCUT2D eigenvalue weighted by atomic mass is 10.3. The monoisotopic (exact) mass is 345 g/mol. The Hall–Kier alpha value is -2.16. The summed E-state index contributed by atoms with van der Waals surface area (Å²) in [5.74, 6) is -1.38. The number of hydrogen-bond donors (Lipinski definition) is 1. The highest BCUT2D eigenvalue weighted by molar-refractivity contribution is 7.98. The lowest BCUT2D eigenvalue weighted by molar-refractivity contribution is -0.141. The molecule has 0 amide bonds. The molecule has 0 saturated carbocycles. The summed E-state index contributed by atoms with van der Waals surface area (Å²) in [4.78, 5) is 10.5. The maximum Gasteiger partial charge on any atom is 0.433 e. The molecule has 0 bridgehead atoms. The van der Waals surface area contributed by atoms with Gasteiger partial charge in [0.05, 0.1) is 16.8 Å². The van der Waals surface area contributed by atoms with Gasteiger partial charge in [0.25, 0.3) is 0 Å². The maximum atomic E-state index is 13.1. The van der Waals surface area contributed by atoms with Crippen LogP contribution in [0.2, 0.25) is 0 Å². The first-order chi connectivity index (χ1) is 10.8. The van der Waals surface area contributed by atoms with Gasteiger partial charge in [-0.05, 0) is 12.1 Å². The lowest BCUT2D eigenvalue weighted by Gasteiger charge is -2.06. The fourth-order valence-corrected chi connectivity index (χ4v) is 2.73. The fourth-order valence-electron chi connectivity index (χ4n) is 1.93. The first-order valence-corrected chi connectivity index (χ1v) is 7.31. The minimum absolute atomic E-state index is 0.221. The van der Waals surface area contributed by atoms with E-state index in [1.54, 1.807) is 0 Å². The van der Waals surface area contributed by atoms with Gasteiger partial charge in [-0.3, -0.25) is 4.98 Å². The molecule has 0 fully saturated rings. The Morgan fingerprint density at radius 1 is 1.09 bits per heavy atom. The second-order valence-electron chi connectivity index (χ2n) is 4.63. The Labute approximate surface area is 130 Å². The summed E-state index contributed by atoms with van der Waals surface area (Å²) in [6, 6.07) is 4.33. The van der Waals surface area contributed by atoms with E-state index in [2.05, 4.69) is 15.0 Å². The molecule has 2 aromatic heterocycles. The van der Waals surface area contributed by atoms with Crippen LogP contribution in [0.4, 0.5) is 22.0 Å². The summed E-state index contributed by atoms with van der Waals surface area (Å²) in [5.41, 5.74) is -0.397. The first-order valence-electron chi connectivity index (χ1n) is 6.32. The van der Waals surface area contributed by atoms with Crippen LogP contribution in [0.15, 0.2) is 35.4 Å². The number of fused-ring (bicyclic) bond motifs is 1. The van der Waals surface area contributed by atoms with E-state index in [4.69, 9.17) is 0 Å². The van der Waals surface area contributed by atoms with Gasteiger partial charge in [0, 0.05) is 23.2 Å². The third-order valence-electron chi connectivity index (χ3n) is 2.97. The van der Waals surface area contributed by atoms with Crippen molar-refractivity contribution in [1.29, 1.82) is 0 Å². The van der Waals surface area contributed by atoms with Gasteiger partial charge in [-0.25, -0.2) is 13.8 Å². The number of aromatic nitrogens is 3. The number of imidazole rings is 1. The van der Waals surface area contributed by atoms with Crippen molar-refractivity contribution in [2.45, 2.75) is 16.8 Å². The van der Waals surface area contributed by atoms with E-state index in [1.807, 2.05) is 0 Å². The van der Waals surface area contributed by atoms with Crippen molar-refractivity contribution >= 4 is 22.8 Å². The number of aromatic amines is 1. The predicted octanol–water partition coefficient (Wildman–Crippen LogP) is 4.55. The van der Waals surface area contributed by atoms with Crippen molar-refractivity contribution in [2.24, 2.45) is 0 Å². The highest BCUT2D eigenvalue weighted by Crippen LogP contribution is 2.31. The zero-order valence-electron chi connectivity index (χ0n) is 11.3. The summed E-state index contributed by atoms with van der Waals surface area (Å²) in [5, 5.41) is 0. The molecular weight excluding hydrogens is 337 g/mol. The molecule has 1 N–H and O–H groups in total. The number of rotatable bonds is 3. The number of pyridine rings is 1. The molecule has 2 heterocycles. The van der Waals surface area contributed by atoms with Crippen molar-refractivity contribution in [3.8, 4) is 0 Å². The van der Waals surface area contributed by atoms with Gasteiger partial charge in [0.15, 0.2) is 11.6 Å². The number of hydrogen-bond acceptors (Lipinski definition) is 3. The van der Waals surface area contributed by atoms with Gasteiger partial charge in [0.2, 0.25) is 0 Å². The molecule has 0 atom stereocenters. The van der Waals surface area contributed by atoms with E-state index < -0.39 is 23.5 Å². The summed E-state index contributed by atoms with van der Waals surface area (Å²) in [7, 11) is 0. The average molecular weight is 345 g/mol. The van der Waals surface area contributed by atoms with Crippen LogP contribution in [0.5, 0.6) is 0 Å². The SMILES string of the molecule is Fc1cc2nc(CSc3ccnc(C(F)(F)F)c3)[nH]c2cc1F. The molecule has 0 unspecified atom stereocenters. The van der Waals surface area contributed by atoms with Crippen molar-refractivity contribution < 1.29 is 22.0 Å². The van der Waals surface area contributed by atoms with Crippen LogP contribution in [0, 0.1) is 11.6 Å². The standard InChI is InChI=1S/C14H8F5N3S/c15-8-4-10-11(5-9(8)16)22-13(21-10)6-23-7-1-2-20-12(3-7)14(17,18)19/h1-5H,6H2,(H,21,22). The van der Waals surface area contributed by atoms with Crippen molar-refractivity contribution in [1.82, 2.24) is 15.0 Å². The summed E-state index contributed by atoms with van der Waals surface area (Å²) < 4.78 is 64.0. The molecule has 0 aliphatic carbocycles. The Kier molecular flexibility index (Phi) is 3.97. The fraction of sp³-hybridized carbons (Fsp3) is 0.143. The van der Waals surface area contributed by atoms with Gasteiger partial charge in [0.1, 0.15) is 11.5 Å². The molecule has 0 spiro atoms. The van der Waals surface area contributed by atoms with Gasteiger partial charge in [-0.1, -0.05) is 0 Å². The Balaban J connectivity index is 1.78. The molecule has 120 valence electrons. The molecule has 0 radical (unpaired) electrons. The normalized spacial score (nSPS) is 12.0. The zero-order valence-corrected chi connectivity index (χ0v) is 12.1. The van der Waals surface area contributed by atoms with E-state index in [-0.39, 0.29) is 11.3 Å². The number of thioether (sulfide) groups is 1.